The van der Waals surface area contributed by atoms with Crippen molar-refractivity contribution in [2.24, 2.45) is 0 Å². The Balaban J connectivity index is 1.42. The van der Waals surface area contributed by atoms with Crippen molar-refractivity contribution in [3.8, 4) is 17.1 Å². The van der Waals surface area contributed by atoms with Crippen LogP contribution in [0.3, 0.4) is 0 Å². The standard InChI is InChI=1S/C26H22N6O/c33-26(29-16-22-12-7-13-28-25(22)31-15-14-27-19-31)23-18-32(17-20-8-3-1-4-9-20)30-24(23)21-10-5-2-6-11-21/h1-15,18-19H,16-17H2,(H,29,33). The van der Waals surface area contributed by atoms with Crippen LogP contribution < -0.4 is 5.32 Å². The third-order valence-electron chi connectivity index (χ3n) is 5.30. The van der Waals surface area contributed by atoms with Gasteiger partial charge in [-0.15, -0.1) is 0 Å². The van der Waals surface area contributed by atoms with Crippen molar-refractivity contribution in [1.29, 1.82) is 0 Å². The minimum atomic E-state index is -0.186. The highest BCUT2D eigenvalue weighted by molar-refractivity contribution is 5.99. The maximum Gasteiger partial charge on any atom is 0.255 e. The van der Waals surface area contributed by atoms with E-state index in [2.05, 4.69) is 15.3 Å². The number of aromatic nitrogens is 5. The Labute approximate surface area is 191 Å². The number of carbonyl (C=O) groups excluding carboxylic acids is 1. The fourth-order valence-corrected chi connectivity index (χ4v) is 3.70. The number of amides is 1. The van der Waals surface area contributed by atoms with Gasteiger partial charge in [0.25, 0.3) is 5.91 Å². The topological polar surface area (TPSA) is 77.6 Å². The molecule has 162 valence electrons. The van der Waals surface area contributed by atoms with E-state index in [0.29, 0.717) is 24.3 Å². The van der Waals surface area contributed by atoms with Gasteiger partial charge in [-0.1, -0.05) is 66.7 Å². The van der Waals surface area contributed by atoms with Crippen molar-refractivity contribution in [3.05, 3.63) is 121 Å². The second-order valence-electron chi connectivity index (χ2n) is 7.58. The molecule has 0 fully saturated rings. The average molecular weight is 435 g/mol. The first-order valence-electron chi connectivity index (χ1n) is 10.6. The first kappa shape index (κ1) is 20.4. The van der Waals surface area contributed by atoms with Crippen LogP contribution >= 0.6 is 0 Å². The van der Waals surface area contributed by atoms with E-state index in [1.807, 2.05) is 94.4 Å². The molecule has 0 radical (unpaired) electrons. The number of carbonyl (C=O) groups is 1. The van der Waals surface area contributed by atoms with Crippen molar-refractivity contribution < 1.29 is 4.79 Å². The number of rotatable bonds is 7. The minimum Gasteiger partial charge on any atom is -0.348 e. The lowest BCUT2D eigenvalue weighted by Crippen LogP contribution is -2.24. The molecule has 7 heteroatoms. The molecule has 1 N–H and O–H groups in total. The van der Waals surface area contributed by atoms with Crippen LogP contribution in [0.25, 0.3) is 17.1 Å². The van der Waals surface area contributed by atoms with E-state index < -0.39 is 0 Å². The molecule has 5 rings (SSSR count). The van der Waals surface area contributed by atoms with Gasteiger partial charge in [0.2, 0.25) is 0 Å². The highest BCUT2D eigenvalue weighted by Crippen LogP contribution is 2.23. The van der Waals surface area contributed by atoms with Gasteiger partial charge >= 0.3 is 0 Å². The molecule has 0 aliphatic rings. The van der Waals surface area contributed by atoms with Crippen LogP contribution in [-0.2, 0) is 13.1 Å². The normalized spacial score (nSPS) is 10.8. The number of hydrogen-bond donors (Lipinski definition) is 1. The third kappa shape index (κ3) is 4.57. The lowest BCUT2D eigenvalue weighted by atomic mass is 10.1. The Kier molecular flexibility index (Phi) is 5.75. The van der Waals surface area contributed by atoms with Gasteiger partial charge in [0.05, 0.1) is 12.1 Å². The van der Waals surface area contributed by atoms with Crippen LogP contribution in [-0.4, -0.2) is 30.2 Å². The SMILES string of the molecule is O=C(NCc1cccnc1-n1ccnc1)c1cn(Cc2ccccc2)nc1-c1ccccc1. The van der Waals surface area contributed by atoms with Gasteiger partial charge in [-0.25, -0.2) is 9.97 Å². The van der Waals surface area contributed by atoms with Crippen LogP contribution in [0.15, 0.2) is 104 Å². The van der Waals surface area contributed by atoms with E-state index in [1.165, 1.54) is 0 Å². The molecular formula is C26H22N6O. The van der Waals surface area contributed by atoms with E-state index in [-0.39, 0.29) is 5.91 Å². The van der Waals surface area contributed by atoms with Crippen molar-refractivity contribution >= 4 is 5.91 Å². The zero-order valence-corrected chi connectivity index (χ0v) is 17.9. The van der Waals surface area contributed by atoms with Gasteiger partial charge in [0.1, 0.15) is 17.8 Å². The van der Waals surface area contributed by atoms with E-state index in [0.717, 1.165) is 22.5 Å². The smallest absolute Gasteiger partial charge is 0.255 e. The molecule has 0 aliphatic carbocycles. The van der Waals surface area contributed by atoms with E-state index in [1.54, 1.807) is 18.7 Å². The summed E-state index contributed by atoms with van der Waals surface area (Å²) in [6.45, 7) is 0.916. The number of pyridine rings is 1. The van der Waals surface area contributed by atoms with E-state index in [9.17, 15) is 4.79 Å². The summed E-state index contributed by atoms with van der Waals surface area (Å²) in [6.07, 6.45) is 8.75. The quantitative estimate of drug-likeness (QED) is 0.418. The number of benzene rings is 2. The van der Waals surface area contributed by atoms with Gasteiger partial charge in [-0.2, -0.15) is 5.10 Å². The Morgan fingerprint density at radius 3 is 2.45 bits per heavy atom. The largest absolute Gasteiger partial charge is 0.348 e. The van der Waals surface area contributed by atoms with Crippen LogP contribution in [0.2, 0.25) is 0 Å². The van der Waals surface area contributed by atoms with Gasteiger partial charge in [0.15, 0.2) is 0 Å². The van der Waals surface area contributed by atoms with Crippen molar-refractivity contribution in [2.45, 2.75) is 13.1 Å². The van der Waals surface area contributed by atoms with Crippen LogP contribution in [0.4, 0.5) is 0 Å². The summed E-state index contributed by atoms with van der Waals surface area (Å²) in [5.74, 6) is 0.548. The molecular weight excluding hydrogens is 412 g/mol. The monoisotopic (exact) mass is 434 g/mol. The zero-order valence-electron chi connectivity index (χ0n) is 17.9. The van der Waals surface area contributed by atoms with E-state index in [4.69, 9.17) is 5.10 Å². The number of imidazole rings is 1. The number of nitrogens with one attached hydrogen (secondary N) is 1. The maximum atomic E-state index is 13.3. The summed E-state index contributed by atoms with van der Waals surface area (Å²) in [5.41, 5.74) is 4.10. The van der Waals surface area contributed by atoms with Crippen molar-refractivity contribution in [1.82, 2.24) is 29.6 Å². The highest BCUT2D eigenvalue weighted by Gasteiger charge is 2.18. The Morgan fingerprint density at radius 1 is 0.909 bits per heavy atom. The molecule has 3 aromatic heterocycles. The molecule has 0 spiro atoms. The molecule has 1 amide bonds. The van der Waals surface area contributed by atoms with Crippen molar-refractivity contribution in [3.63, 3.8) is 0 Å². The lowest BCUT2D eigenvalue weighted by molar-refractivity contribution is 0.0951. The van der Waals surface area contributed by atoms with Gasteiger partial charge in [-0.3, -0.25) is 14.0 Å². The second-order valence-corrected chi connectivity index (χ2v) is 7.58. The number of nitrogens with zero attached hydrogens (tertiary/aromatic N) is 5. The fraction of sp³-hybridized carbons (Fsp3) is 0.0769. The van der Waals surface area contributed by atoms with Gasteiger partial charge in [-0.05, 0) is 11.6 Å². The van der Waals surface area contributed by atoms with Crippen LogP contribution in [0, 0.1) is 0 Å². The lowest BCUT2D eigenvalue weighted by Gasteiger charge is -2.10. The molecule has 0 saturated heterocycles. The Bertz CT molecular complexity index is 1340. The summed E-state index contributed by atoms with van der Waals surface area (Å²) >= 11 is 0. The molecule has 0 atom stereocenters. The molecule has 5 aromatic rings. The maximum absolute atomic E-state index is 13.3. The molecule has 7 nitrogen and oxygen atoms in total. The molecule has 0 unspecified atom stereocenters. The first-order valence-corrected chi connectivity index (χ1v) is 10.6. The molecule has 33 heavy (non-hydrogen) atoms. The second kappa shape index (κ2) is 9.32. The molecule has 0 aliphatic heterocycles. The van der Waals surface area contributed by atoms with E-state index >= 15 is 0 Å². The Morgan fingerprint density at radius 2 is 1.70 bits per heavy atom. The molecule has 0 saturated carbocycles. The average Bonchev–Trinajstić information content (AvgIpc) is 3.55. The Hall–Kier alpha value is -4.52. The molecule has 2 aromatic carbocycles. The summed E-state index contributed by atoms with van der Waals surface area (Å²) in [6, 6.07) is 23.6. The summed E-state index contributed by atoms with van der Waals surface area (Å²) in [5, 5.41) is 7.78. The molecule has 3 heterocycles. The minimum absolute atomic E-state index is 0.186. The zero-order chi connectivity index (χ0) is 22.5. The highest BCUT2D eigenvalue weighted by atomic mass is 16.1. The summed E-state index contributed by atoms with van der Waals surface area (Å²) < 4.78 is 3.64. The predicted molar refractivity (Wildman–Crippen MR) is 126 cm³/mol. The summed E-state index contributed by atoms with van der Waals surface area (Å²) in [7, 11) is 0. The first-order chi connectivity index (χ1) is 16.3. The molecule has 0 bridgehead atoms. The van der Waals surface area contributed by atoms with Gasteiger partial charge < -0.3 is 5.32 Å². The van der Waals surface area contributed by atoms with Crippen LogP contribution in [0.5, 0.6) is 0 Å². The fourth-order valence-electron chi connectivity index (χ4n) is 3.70. The summed E-state index contributed by atoms with van der Waals surface area (Å²) in [4.78, 5) is 21.8. The van der Waals surface area contributed by atoms with Gasteiger partial charge in [0, 0.05) is 42.5 Å². The van der Waals surface area contributed by atoms with Crippen LogP contribution in [0.1, 0.15) is 21.5 Å². The third-order valence-corrected chi connectivity index (χ3v) is 5.30. The number of hydrogen-bond acceptors (Lipinski definition) is 4. The van der Waals surface area contributed by atoms with Crippen molar-refractivity contribution in [2.75, 3.05) is 0 Å². The predicted octanol–water partition coefficient (Wildman–Crippen LogP) is 4.11.